The van der Waals surface area contributed by atoms with Gasteiger partial charge in [0.25, 0.3) is 6.09 Å². The molecule has 1 aromatic rings. The highest BCUT2D eigenvalue weighted by Gasteiger charge is 2.56. The molecule has 1 aromatic carbocycles. The summed E-state index contributed by atoms with van der Waals surface area (Å²) in [4.78, 5) is 24.0. The molecule has 1 fully saturated rings. The van der Waals surface area contributed by atoms with Gasteiger partial charge in [-0.25, -0.2) is 0 Å². The average molecular weight is 387 g/mol. The monoisotopic (exact) mass is 387 g/mol. The van der Waals surface area contributed by atoms with Crippen molar-refractivity contribution in [2.45, 2.75) is 51.7 Å². The molecule has 150 valence electrons. The second kappa shape index (κ2) is 6.51. The SMILES string of the molecule is CC1(C(=O)O)CC(c2ccc(C(F)(F)F)cc2)C[N+](C(=O)[O-])(C(C)(C)C)C1. The summed E-state index contributed by atoms with van der Waals surface area (Å²) in [6.45, 7) is 6.47. The molecule has 0 radical (unpaired) electrons. The molecule has 3 unspecified atom stereocenters. The molecule has 2 rings (SSSR count). The number of quaternary nitrogens is 1. The van der Waals surface area contributed by atoms with E-state index in [0.29, 0.717) is 5.56 Å². The number of hydrogen-bond donors (Lipinski definition) is 1. The van der Waals surface area contributed by atoms with Crippen LogP contribution in [0.3, 0.4) is 0 Å². The molecular formula is C19H24F3NO4. The van der Waals surface area contributed by atoms with Crippen molar-refractivity contribution in [1.29, 1.82) is 0 Å². The van der Waals surface area contributed by atoms with E-state index >= 15 is 0 Å². The van der Waals surface area contributed by atoms with Crippen molar-refractivity contribution in [3.8, 4) is 0 Å². The number of piperidine rings is 1. The Balaban J connectivity index is 2.53. The number of halogens is 3. The highest BCUT2D eigenvalue weighted by molar-refractivity contribution is 5.75. The predicted molar refractivity (Wildman–Crippen MR) is 89.7 cm³/mol. The smallest absolute Gasteiger partial charge is 0.416 e. The van der Waals surface area contributed by atoms with Crippen LogP contribution in [0.15, 0.2) is 24.3 Å². The molecule has 0 bridgehead atoms. The van der Waals surface area contributed by atoms with Crippen molar-refractivity contribution in [2.24, 2.45) is 5.41 Å². The van der Waals surface area contributed by atoms with Gasteiger partial charge >= 0.3 is 12.1 Å². The van der Waals surface area contributed by atoms with Gasteiger partial charge in [0.1, 0.15) is 12.0 Å². The molecule has 0 spiro atoms. The molecule has 8 heteroatoms. The Morgan fingerprint density at radius 1 is 1.19 bits per heavy atom. The van der Waals surface area contributed by atoms with E-state index in [9.17, 15) is 33.0 Å². The topological polar surface area (TPSA) is 77.4 Å². The number of benzene rings is 1. The lowest BCUT2D eigenvalue weighted by atomic mass is 9.71. The molecule has 1 aliphatic rings. The quantitative estimate of drug-likeness (QED) is 0.791. The van der Waals surface area contributed by atoms with Gasteiger partial charge in [-0.3, -0.25) is 9.28 Å². The summed E-state index contributed by atoms with van der Waals surface area (Å²) in [7, 11) is 0. The molecule has 5 nitrogen and oxygen atoms in total. The minimum atomic E-state index is -4.48. The third kappa shape index (κ3) is 3.81. The number of carbonyl (C=O) groups is 2. The Labute approximate surface area is 156 Å². The Morgan fingerprint density at radius 3 is 2.07 bits per heavy atom. The molecule has 0 aliphatic carbocycles. The maximum absolute atomic E-state index is 12.8. The van der Waals surface area contributed by atoms with E-state index in [1.54, 1.807) is 20.8 Å². The Morgan fingerprint density at radius 2 is 1.70 bits per heavy atom. The number of nitrogens with zero attached hydrogens (tertiary/aromatic N) is 1. The van der Waals surface area contributed by atoms with E-state index in [1.165, 1.54) is 19.1 Å². The zero-order valence-corrected chi connectivity index (χ0v) is 15.8. The summed E-state index contributed by atoms with van der Waals surface area (Å²) in [5.41, 5.74) is -2.51. The summed E-state index contributed by atoms with van der Waals surface area (Å²) in [6.07, 6.45) is -5.72. The number of carboxylic acids is 1. The van der Waals surface area contributed by atoms with E-state index in [0.717, 1.165) is 12.1 Å². The van der Waals surface area contributed by atoms with Gasteiger partial charge < -0.3 is 15.0 Å². The third-order valence-electron chi connectivity index (χ3n) is 5.71. The summed E-state index contributed by atoms with van der Waals surface area (Å²) in [5, 5.41) is 21.8. The predicted octanol–water partition coefficient (Wildman–Crippen LogP) is 3.24. The van der Waals surface area contributed by atoms with E-state index < -0.39 is 45.2 Å². The van der Waals surface area contributed by atoms with Crippen LogP contribution < -0.4 is 5.11 Å². The number of carboxylic acid groups (broad SMARTS) is 2. The van der Waals surface area contributed by atoms with Crippen molar-refractivity contribution in [3.05, 3.63) is 35.4 Å². The van der Waals surface area contributed by atoms with Crippen LogP contribution in [0, 0.1) is 5.41 Å². The number of carbonyl (C=O) groups excluding carboxylic acids is 1. The van der Waals surface area contributed by atoms with E-state index in [2.05, 4.69) is 0 Å². The van der Waals surface area contributed by atoms with Crippen LogP contribution in [0.4, 0.5) is 18.0 Å². The van der Waals surface area contributed by atoms with Crippen molar-refractivity contribution < 1.29 is 37.5 Å². The highest BCUT2D eigenvalue weighted by Crippen LogP contribution is 2.45. The van der Waals surface area contributed by atoms with Gasteiger partial charge in [0.05, 0.1) is 17.6 Å². The largest absolute Gasteiger partial charge is 0.498 e. The van der Waals surface area contributed by atoms with Crippen LogP contribution >= 0.6 is 0 Å². The Kier molecular flexibility index (Phi) is 5.11. The standard InChI is InChI=1S/C19H24F3NO4/c1-17(2,3)23(16(26)27)10-13(9-18(4,11-23)15(24)25)12-5-7-14(8-6-12)19(20,21)22/h5-8,13H,9-11H2,1-4H3,(H-,24,25,26,27). The van der Waals surface area contributed by atoms with Crippen LogP contribution in [0.2, 0.25) is 0 Å². The molecule has 0 aromatic heterocycles. The van der Waals surface area contributed by atoms with Gasteiger partial charge in [-0.05, 0) is 51.8 Å². The van der Waals surface area contributed by atoms with Crippen LogP contribution in [-0.4, -0.2) is 40.3 Å². The molecule has 0 saturated carbocycles. The molecule has 1 saturated heterocycles. The summed E-state index contributed by atoms with van der Waals surface area (Å²) >= 11 is 0. The maximum atomic E-state index is 12.8. The fourth-order valence-corrected chi connectivity index (χ4v) is 3.96. The number of rotatable bonds is 2. The van der Waals surface area contributed by atoms with Gasteiger partial charge in [0.2, 0.25) is 0 Å². The van der Waals surface area contributed by atoms with Gasteiger partial charge in [-0.15, -0.1) is 0 Å². The van der Waals surface area contributed by atoms with Crippen molar-refractivity contribution in [1.82, 2.24) is 0 Å². The minimum Gasteiger partial charge on any atom is -0.498 e. The zero-order valence-electron chi connectivity index (χ0n) is 15.8. The minimum absolute atomic E-state index is 0.0556. The molecule has 1 N–H and O–H groups in total. The van der Waals surface area contributed by atoms with Gasteiger partial charge in [-0.2, -0.15) is 13.2 Å². The fraction of sp³-hybridized carbons (Fsp3) is 0.579. The molecule has 1 amide bonds. The zero-order chi connectivity index (χ0) is 20.8. The third-order valence-corrected chi connectivity index (χ3v) is 5.71. The molecule has 1 heterocycles. The molecular weight excluding hydrogens is 363 g/mol. The number of amides is 1. The van der Waals surface area contributed by atoms with Crippen molar-refractivity contribution in [3.63, 3.8) is 0 Å². The lowest BCUT2D eigenvalue weighted by Crippen LogP contribution is -2.74. The summed E-state index contributed by atoms with van der Waals surface area (Å²) in [6, 6.07) is 4.47. The second-order valence-electron chi connectivity index (χ2n) is 8.63. The van der Waals surface area contributed by atoms with E-state index in [-0.39, 0.29) is 19.5 Å². The number of hydrogen-bond acceptors (Lipinski definition) is 3. The molecule has 3 atom stereocenters. The Bertz CT molecular complexity index is 739. The lowest BCUT2D eigenvalue weighted by molar-refractivity contribution is -0.930. The van der Waals surface area contributed by atoms with Gasteiger partial charge in [0, 0.05) is 5.92 Å². The molecule has 1 aliphatic heterocycles. The summed E-state index contributed by atoms with van der Waals surface area (Å²) in [5.74, 6) is -1.66. The number of alkyl halides is 3. The second-order valence-corrected chi connectivity index (χ2v) is 8.63. The van der Waals surface area contributed by atoms with Crippen LogP contribution in [0.1, 0.15) is 51.2 Å². The van der Waals surface area contributed by atoms with Gasteiger partial charge in [0.15, 0.2) is 0 Å². The first-order valence-corrected chi connectivity index (χ1v) is 8.62. The summed E-state index contributed by atoms with van der Waals surface area (Å²) < 4.78 is 37.8. The normalized spacial score (nSPS) is 29.4. The average Bonchev–Trinajstić information content (AvgIpc) is 2.52. The highest BCUT2D eigenvalue weighted by atomic mass is 19.4. The number of aliphatic carboxylic acids is 1. The van der Waals surface area contributed by atoms with Crippen LogP contribution in [0.25, 0.3) is 0 Å². The van der Waals surface area contributed by atoms with Crippen molar-refractivity contribution in [2.75, 3.05) is 13.1 Å². The Hall–Kier alpha value is -2.09. The first-order chi connectivity index (χ1) is 12.1. The van der Waals surface area contributed by atoms with E-state index in [4.69, 9.17) is 0 Å². The van der Waals surface area contributed by atoms with Crippen molar-refractivity contribution >= 4 is 12.1 Å². The number of likely N-dealkylation sites (tertiary alicyclic amines) is 1. The van der Waals surface area contributed by atoms with Crippen LogP contribution in [-0.2, 0) is 11.0 Å². The fourth-order valence-electron chi connectivity index (χ4n) is 3.96. The maximum Gasteiger partial charge on any atom is 0.416 e. The lowest BCUT2D eigenvalue weighted by Gasteiger charge is -2.55. The first-order valence-electron chi connectivity index (χ1n) is 8.62. The van der Waals surface area contributed by atoms with Gasteiger partial charge in [-0.1, -0.05) is 12.1 Å². The first kappa shape index (κ1) is 21.2. The molecule has 27 heavy (non-hydrogen) atoms. The van der Waals surface area contributed by atoms with E-state index in [1.807, 2.05) is 0 Å². The van der Waals surface area contributed by atoms with Crippen LogP contribution in [0.5, 0.6) is 0 Å².